The quantitative estimate of drug-likeness (QED) is 0.234. The first-order chi connectivity index (χ1) is 18.6. The highest BCUT2D eigenvalue weighted by Crippen LogP contribution is 2.24. The topological polar surface area (TPSA) is 79.9 Å². The molecule has 4 rings (SSSR count). The Bertz CT molecular complexity index is 1310. The summed E-state index contributed by atoms with van der Waals surface area (Å²) in [7, 11) is 0. The van der Waals surface area contributed by atoms with E-state index in [-0.39, 0.29) is 18.4 Å². The summed E-state index contributed by atoms with van der Waals surface area (Å²) in [5.74, 6) is 1.05. The molecule has 0 saturated carbocycles. The molecule has 0 aromatic heterocycles. The molecule has 0 fully saturated rings. The Balaban J connectivity index is 1.26. The van der Waals surface area contributed by atoms with E-state index in [9.17, 15) is 9.59 Å². The molecular formula is C31H31N3O4. The van der Waals surface area contributed by atoms with E-state index in [2.05, 4.69) is 10.6 Å². The van der Waals surface area contributed by atoms with Gasteiger partial charge in [-0.15, -0.1) is 0 Å². The van der Waals surface area contributed by atoms with Crippen molar-refractivity contribution in [3.8, 4) is 11.5 Å². The van der Waals surface area contributed by atoms with Gasteiger partial charge in [0, 0.05) is 23.5 Å². The number of para-hydroxylation sites is 4. The molecule has 0 atom stereocenters. The summed E-state index contributed by atoms with van der Waals surface area (Å²) < 4.78 is 11.5. The second kappa shape index (κ2) is 13.5. The van der Waals surface area contributed by atoms with Crippen molar-refractivity contribution in [1.82, 2.24) is 0 Å². The Kier molecular flexibility index (Phi) is 9.34. The van der Waals surface area contributed by atoms with Gasteiger partial charge in [0.05, 0.1) is 12.2 Å². The fraction of sp³-hybridized carbons (Fsp3) is 0.161. The normalized spacial score (nSPS) is 10.3. The SMILES string of the molecule is CCN(C(=O)c1ccc(NCC(=O)Nc2ccccc2OCCOc2ccccc2)cc1)c1ccccc1. The third-order valence-corrected chi connectivity index (χ3v) is 5.73. The number of nitrogens with zero attached hydrogens (tertiary/aromatic N) is 1. The van der Waals surface area contributed by atoms with Crippen LogP contribution < -0.4 is 25.0 Å². The van der Waals surface area contributed by atoms with Gasteiger partial charge in [-0.1, -0.05) is 48.5 Å². The van der Waals surface area contributed by atoms with Crippen LogP contribution in [0.25, 0.3) is 0 Å². The van der Waals surface area contributed by atoms with Gasteiger partial charge in [-0.05, 0) is 67.6 Å². The van der Waals surface area contributed by atoms with Gasteiger partial charge in [-0.25, -0.2) is 0 Å². The highest BCUT2D eigenvalue weighted by molar-refractivity contribution is 6.06. The van der Waals surface area contributed by atoms with E-state index >= 15 is 0 Å². The Morgan fingerprint density at radius 3 is 2.08 bits per heavy atom. The molecule has 0 spiro atoms. The predicted molar refractivity (Wildman–Crippen MR) is 151 cm³/mol. The van der Waals surface area contributed by atoms with Crippen molar-refractivity contribution in [2.75, 3.05) is 41.8 Å². The van der Waals surface area contributed by atoms with Crippen LogP contribution in [-0.2, 0) is 4.79 Å². The minimum absolute atomic E-state index is 0.0594. The molecule has 0 unspecified atom stereocenters. The lowest BCUT2D eigenvalue weighted by Crippen LogP contribution is -2.30. The minimum atomic E-state index is -0.219. The first kappa shape index (κ1) is 26.3. The number of carbonyl (C=O) groups is 2. The molecule has 194 valence electrons. The number of hydrogen-bond donors (Lipinski definition) is 2. The fourth-order valence-corrected chi connectivity index (χ4v) is 3.84. The van der Waals surface area contributed by atoms with Crippen molar-refractivity contribution < 1.29 is 19.1 Å². The summed E-state index contributed by atoms with van der Waals surface area (Å²) in [6.07, 6.45) is 0. The molecule has 4 aromatic carbocycles. The van der Waals surface area contributed by atoms with Gasteiger partial charge in [0.2, 0.25) is 5.91 Å². The van der Waals surface area contributed by atoms with E-state index in [1.54, 1.807) is 41.3 Å². The maximum Gasteiger partial charge on any atom is 0.258 e. The average Bonchev–Trinajstić information content (AvgIpc) is 2.97. The third kappa shape index (κ3) is 7.36. The lowest BCUT2D eigenvalue weighted by molar-refractivity contribution is -0.114. The van der Waals surface area contributed by atoms with Gasteiger partial charge in [0.25, 0.3) is 5.91 Å². The van der Waals surface area contributed by atoms with Gasteiger partial charge < -0.3 is 25.0 Å². The molecule has 7 nitrogen and oxygen atoms in total. The standard InChI is InChI=1S/C31H31N3O4/c1-2-34(26-11-5-3-6-12-26)31(36)24-17-19-25(20-18-24)32-23-30(35)33-28-15-9-10-16-29(28)38-22-21-37-27-13-7-4-8-14-27/h3-20,32H,2,21-23H2,1H3,(H,33,35). The lowest BCUT2D eigenvalue weighted by Gasteiger charge is -2.21. The fourth-order valence-electron chi connectivity index (χ4n) is 3.84. The molecule has 7 heteroatoms. The predicted octanol–water partition coefficient (Wildman–Crippen LogP) is 5.86. The monoisotopic (exact) mass is 509 g/mol. The highest BCUT2D eigenvalue weighted by atomic mass is 16.5. The molecule has 2 amide bonds. The van der Waals surface area contributed by atoms with E-state index in [1.807, 2.05) is 79.7 Å². The number of ether oxygens (including phenoxy) is 2. The van der Waals surface area contributed by atoms with E-state index in [4.69, 9.17) is 9.47 Å². The van der Waals surface area contributed by atoms with Gasteiger partial charge >= 0.3 is 0 Å². The van der Waals surface area contributed by atoms with Crippen LogP contribution in [0.1, 0.15) is 17.3 Å². The van der Waals surface area contributed by atoms with Gasteiger partial charge in [0.15, 0.2) is 0 Å². The van der Waals surface area contributed by atoms with E-state index in [0.717, 1.165) is 17.1 Å². The number of hydrogen-bond acceptors (Lipinski definition) is 5. The highest BCUT2D eigenvalue weighted by Gasteiger charge is 2.16. The minimum Gasteiger partial charge on any atom is -0.490 e. The van der Waals surface area contributed by atoms with Crippen LogP contribution >= 0.6 is 0 Å². The van der Waals surface area contributed by atoms with Crippen molar-refractivity contribution in [2.45, 2.75) is 6.92 Å². The summed E-state index contributed by atoms with van der Waals surface area (Å²) in [6, 6.07) is 33.5. The largest absolute Gasteiger partial charge is 0.490 e. The van der Waals surface area contributed by atoms with Crippen LogP contribution in [0.4, 0.5) is 17.1 Å². The number of anilines is 3. The Morgan fingerprint density at radius 2 is 1.37 bits per heavy atom. The summed E-state index contributed by atoms with van der Waals surface area (Å²) in [6.45, 7) is 3.29. The van der Waals surface area contributed by atoms with Crippen LogP contribution in [0.2, 0.25) is 0 Å². The maximum absolute atomic E-state index is 13.0. The zero-order chi connectivity index (χ0) is 26.6. The number of nitrogens with one attached hydrogen (secondary N) is 2. The molecule has 38 heavy (non-hydrogen) atoms. The molecule has 2 N–H and O–H groups in total. The van der Waals surface area contributed by atoms with Crippen molar-refractivity contribution in [2.24, 2.45) is 0 Å². The molecular weight excluding hydrogens is 478 g/mol. The Morgan fingerprint density at radius 1 is 0.737 bits per heavy atom. The smallest absolute Gasteiger partial charge is 0.258 e. The van der Waals surface area contributed by atoms with Crippen molar-refractivity contribution in [1.29, 1.82) is 0 Å². The van der Waals surface area contributed by atoms with E-state index in [0.29, 0.717) is 36.8 Å². The molecule has 0 saturated heterocycles. The molecule has 0 heterocycles. The molecule has 0 aliphatic rings. The van der Waals surface area contributed by atoms with Crippen molar-refractivity contribution >= 4 is 28.9 Å². The van der Waals surface area contributed by atoms with Crippen LogP contribution in [-0.4, -0.2) is 38.1 Å². The summed E-state index contributed by atoms with van der Waals surface area (Å²) in [4.78, 5) is 27.3. The first-order valence-electron chi connectivity index (χ1n) is 12.5. The zero-order valence-corrected chi connectivity index (χ0v) is 21.3. The van der Waals surface area contributed by atoms with Gasteiger partial charge in [-0.3, -0.25) is 9.59 Å². The second-order valence-electron chi connectivity index (χ2n) is 8.37. The Labute approximate surface area is 223 Å². The lowest BCUT2D eigenvalue weighted by atomic mass is 10.1. The van der Waals surface area contributed by atoms with Gasteiger partial charge in [0.1, 0.15) is 24.7 Å². The molecule has 0 aliphatic carbocycles. The van der Waals surface area contributed by atoms with Crippen molar-refractivity contribution in [3.05, 3.63) is 115 Å². The molecule has 0 aliphatic heterocycles. The molecule has 0 bridgehead atoms. The van der Waals surface area contributed by atoms with Crippen molar-refractivity contribution in [3.63, 3.8) is 0 Å². The third-order valence-electron chi connectivity index (χ3n) is 5.73. The Hall–Kier alpha value is -4.78. The van der Waals surface area contributed by atoms with E-state index in [1.165, 1.54) is 0 Å². The number of amides is 2. The average molecular weight is 510 g/mol. The van der Waals surface area contributed by atoms with Crippen LogP contribution in [0.5, 0.6) is 11.5 Å². The second-order valence-corrected chi connectivity index (χ2v) is 8.37. The molecule has 0 radical (unpaired) electrons. The number of benzene rings is 4. The van der Waals surface area contributed by atoms with E-state index < -0.39 is 0 Å². The van der Waals surface area contributed by atoms with Crippen LogP contribution in [0, 0.1) is 0 Å². The summed E-state index contributed by atoms with van der Waals surface area (Å²) >= 11 is 0. The maximum atomic E-state index is 13.0. The summed E-state index contributed by atoms with van der Waals surface area (Å²) in [5.41, 5.74) is 2.75. The number of carbonyl (C=O) groups excluding carboxylic acids is 2. The van der Waals surface area contributed by atoms with Crippen LogP contribution in [0.3, 0.4) is 0 Å². The van der Waals surface area contributed by atoms with Crippen LogP contribution in [0.15, 0.2) is 109 Å². The first-order valence-corrected chi connectivity index (χ1v) is 12.5. The zero-order valence-electron chi connectivity index (χ0n) is 21.3. The number of rotatable bonds is 12. The summed E-state index contributed by atoms with van der Waals surface area (Å²) in [5, 5.41) is 5.98. The molecule has 4 aromatic rings. The van der Waals surface area contributed by atoms with Gasteiger partial charge in [-0.2, -0.15) is 0 Å².